The number of hydrogen-bond acceptors (Lipinski definition) is 7. The number of phenols is 1. The number of sulfonamides is 1. The summed E-state index contributed by atoms with van der Waals surface area (Å²) in [5.74, 6) is -2.43. The maximum absolute atomic E-state index is 15.0. The summed E-state index contributed by atoms with van der Waals surface area (Å²) in [7, 11) is -2.89. The Hall–Kier alpha value is -5.88. The van der Waals surface area contributed by atoms with E-state index < -0.39 is 27.7 Å². The summed E-state index contributed by atoms with van der Waals surface area (Å²) in [6, 6.07) is 25.8. The van der Waals surface area contributed by atoms with Gasteiger partial charge in [-0.2, -0.15) is 0 Å². The van der Waals surface area contributed by atoms with Crippen LogP contribution in [0.3, 0.4) is 0 Å². The Balaban J connectivity index is 1.25. The lowest BCUT2D eigenvalue weighted by Gasteiger charge is -2.14. The zero-order chi connectivity index (χ0) is 33.7. The monoisotopic (exact) mass is 656 g/mol. The van der Waals surface area contributed by atoms with Crippen LogP contribution in [0.25, 0.3) is 11.1 Å². The van der Waals surface area contributed by atoms with Crippen LogP contribution in [0.15, 0.2) is 108 Å². The largest absolute Gasteiger partial charge is 0.508 e. The van der Waals surface area contributed by atoms with Gasteiger partial charge in [0, 0.05) is 23.0 Å². The second-order valence-corrected chi connectivity index (χ2v) is 12.2. The number of aromatic carboxylic acids is 1. The van der Waals surface area contributed by atoms with Gasteiger partial charge in [0.1, 0.15) is 23.7 Å². The van der Waals surface area contributed by atoms with Gasteiger partial charge in [-0.05, 0) is 95.9 Å². The van der Waals surface area contributed by atoms with Crippen molar-refractivity contribution in [2.24, 2.45) is 0 Å². The molecule has 0 aliphatic rings. The Labute approximate surface area is 270 Å². The predicted molar refractivity (Wildman–Crippen MR) is 174 cm³/mol. The van der Waals surface area contributed by atoms with Crippen LogP contribution in [0.1, 0.15) is 31.8 Å². The molecule has 5 rings (SSSR count). The molecule has 0 atom stereocenters. The minimum Gasteiger partial charge on any atom is -0.508 e. The van der Waals surface area contributed by atoms with E-state index in [0.717, 1.165) is 23.3 Å². The third kappa shape index (κ3) is 7.86. The first-order valence-electron chi connectivity index (χ1n) is 14.1. The summed E-state index contributed by atoms with van der Waals surface area (Å²) in [5.41, 5.74) is 3.28. The molecule has 0 saturated carbocycles. The third-order valence-electron chi connectivity index (χ3n) is 7.01. The molecule has 47 heavy (non-hydrogen) atoms. The van der Waals surface area contributed by atoms with Gasteiger partial charge in [-0.25, -0.2) is 17.6 Å². The van der Waals surface area contributed by atoms with Crippen molar-refractivity contribution < 1.29 is 42.1 Å². The highest BCUT2D eigenvalue weighted by molar-refractivity contribution is 7.92. The fourth-order valence-corrected chi connectivity index (χ4v) is 5.86. The number of rotatable bonds is 11. The first kappa shape index (κ1) is 32.5. The molecule has 5 aromatic carbocycles. The van der Waals surface area contributed by atoms with Crippen LogP contribution in [-0.2, 0) is 16.6 Å². The predicted octanol–water partition coefficient (Wildman–Crippen LogP) is 6.85. The highest BCUT2D eigenvalue weighted by Crippen LogP contribution is 2.28. The number of methoxy groups -OCH3 is 1. The number of hydrogen-bond donors (Lipinski definition) is 4. The number of aryl methyl sites for hydroxylation is 1. The first-order chi connectivity index (χ1) is 22.4. The zero-order valence-corrected chi connectivity index (χ0v) is 26.0. The second-order valence-electron chi connectivity index (χ2n) is 10.5. The first-order valence-corrected chi connectivity index (χ1v) is 15.6. The van der Waals surface area contributed by atoms with E-state index in [-0.39, 0.29) is 45.7 Å². The molecule has 0 radical (unpaired) electrons. The highest BCUT2D eigenvalue weighted by Gasteiger charge is 2.20. The van der Waals surface area contributed by atoms with Gasteiger partial charge in [0.2, 0.25) is 0 Å². The number of aromatic hydroxyl groups is 1. The summed E-state index contributed by atoms with van der Waals surface area (Å²) in [6.45, 7) is 1.64. The molecule has 10 nitrogen and oxygen atoms in total. The minimum atomic E-state index is -4.17. The van der Waals surface area contributed by atoms with Crippen molar-refractivity contribution in [3.8, 4) is 28.4 Å². The number of nitrogens with one attached hydrogen (secondary N) is 2. The van der Waals surface area contributed by atoms with Gasteiger partial charge in [-0.15, -0.1) is 0 Å². The number of halogens is 1. The normalized spacial score (nSPS) is 11.0. The van der Waals surface area contributed by atoms with E-state index in [1.54, 1.807) is 61.5 Å². The van der Waals surface area contributed by atoms with Crippen molar-refractivity contribution in [3.63, 3.8) is 0 Å². The molecule has 12 heteroatoms. The topological polar surface area (TPSA) is 151 Å². The standard InChI is InChI=1S/C35H29FN2O8S/c1-21-14-22(16-27(15-21)38-47(43,44)29-11-13-32(45-2)30(19-29)35(41)42)20-46-33-12-8-26(18-31(33)36)37-34(40)25-5-3-4-24(17-25)23-6-9-28(39)10-7-23/h3-19,38-39H,20H2,1-2H3,(H,37,40)(H,41,42). The number of amides is 1. The molecule has 4 N–H and O–H groups in total. The molecule has 0 aliphatic carbocycles. The highest BCUT2D eigenvalue weighted by atomic mass is 32.2. The number of phenolic OH excluding ortho intramolecular Hbond substituents is 1. The van der Waals surface area contributed by atoms with Crippen LogP contribution in [0, 0.1) is 12.7 Å². The average molecular weight is 657 g/mol. The van der Waals surface area contributed by atoms with Gasteiger partial charge in [-0.3, -0.25) is 9.52 Å². The molecule has 0 saturated heterocycles. The molecule has 0 aromatic heterocycles. The lowest BCUT2D eigenvalue weighted by molar-refractivity contribution is 0.0692. The maximum Gasteiger partial charge on any atom is 0.339 e. The van der Waals surface area contributed by atoms with Crippen molar-refractivity contribution in [1.82, 2.24) is 0 Å². The van der Waals surface area contributed by atoms with Crippen LogP contribution in [0.5, 0.6) is 17.2 Å². The smallest absolute Gasteiger partial charge is 0.339 e. The minimum absolute atomic E-state index is 0.0193. The summed E-state index contributed by atoms with van der Waals surface area (Å²) in [6.07, 6.45) is 0. The maximum atomic E-state index is 15.0. The van der Waals surface area contributed by atoms with E-state index in [1.165, 1.54) is 37.4 Å². The number of carbonyl (C=O) groups is 2. The van der Waals surface area contributed by atoms with Gasteiger partial charge < -0.3 is 25.0 Å². The van der Waals surface area contributed by atoms with E-state index in [0.29, 0.717) is 16.7 Å². The number of benzene rings is 5. The van der Waals surface area contributed by atoms with Crippen LogP contribution >= 0.6 is 0 Å². The molecular formula is C35H29FN2O8S. The molecule has 0 fully saturated rings. The summed E-state index contributed by atoms with van der Waals surface area (Å²) in [4.78, 5) is 24.2. The molecule has 0 aliphatic heterocycles. The van der Waals surface area contributed by atoms with Gasteiger partial charge in [0.15, 0.2) is 11.6 Å². The van der Waals surface area contributed by atoms with E-state index >= 15 is 0 Å². The number of ether oxygens (including phenoxy) is 2. The van der Waals surface area contributed by atoms with Crippen LogP contribution < -0.4 is 19.5 Å². The van der Waals surface area contributed by atoms with Gasteiger partial charge in [0.05, 0.1) is 12.0 Å². The molecular weight excluding hydrogens is 627 g/mol. The Morgan fingerprint density at radius 3 is 2.28 bits per heavy atom. The fraction of sp³-hybridized carbons (Fsp3) is 0.0857. The lowest BCUT2D eigenvalue weighted by Crippen LogP contribution is -2.14. The summed E-state index contributed by atoms with van der Waals surface area (Å²) < 4.78 is 54.2. The lowest BCUT2D eigenvalue weighted by atomic mass is 10.0. The van der Waals surface area contributed by atoms with E-state index in [2.05, 4.69) is 10.0 Å². The molecule has 5 aromatic rings. The van der Waals surface area contributed by atoms with E-state index in [4.69, 9.17) is 9.47 Å². The van der Waals surface area contributed by atoms with Crippen LogP contribution in [0.2, 0.25) is 0 Å². The van der Waals surface area contributed by atoms with Crippen molar-refractivity contribution >= 4 is 33.3 Å². The van der Waals surface area contributed by atoms with Crippen molar-refractivity contribution in [2.45, 2.75) is 18.4 Å². The van der Waals surface area contributed by atoms with Crippen LogP contribution in [-0.4, -0.2) is 37.6 Å². The van der Waals surface area contributed by atoms with Gasteiger partial charge >= 0.3 is 5.97 Å². The average Bonchev–Trinajstić information content (AvgIpc) is 3.04. The molecule has 0 heterocycles. The van der Waals surface area contributed by atoms with Crippen molar-refractivity contribution in [1.29, 1.82) is 0 Å². The SMILES string of the molecule is COc1ccc(S(=O)(=O)Nc2cc(C)cc(COc3ccc(NC(=O)c4cccc(-c5ccc(O)cc5)c4)cc3F)c2)cc1C(=O)O. The molecule has 0 spiro atoms. The molecule has 0 unspecified atom stereocenters. The molecule has 1 amide bonds. The quantitative estimate of drug-likeness (QED) is 0.121. The number of anilines is 2. The van der Waals surface area contributed by atoms with Gasteiger partial charge in [0.25, 0.3) is 15.9 Å². The summed E-state index contributed by atoms with van der Waals surface area (Å²) >= 11 is 0. The number of carboxylic acid groups (broad SMARTS) is 1. The van der Waals surface area contributed by atoms with Crippen molar-refractivity contribution in [3.05, 3.63) is 131 Å². The zero-order valence-electron chi connectivity index (χ0n) is 25.2. The van der Waals surface area contributed by atoms with E-state index in [1.807, 2.05) is 6.07 Å². The Morgan fingerprint density at radius 2 is 1.57 bits per heavy atom. The molecule has 0 bridgehead atoms. The number of carbonyl (C=O) groups excluding carboxylic acids is 1. The van der Waals surface area contributed by atoms with Crippen LogP contribution in [0.4, 0.5) is 15.8 Å². The third-order valence-corrected chi connectivity index (χ3v) is 8.39. The molecule has 240 valence electrons. The van der Waals surface area contributed by atoms with Crippen molar-refractivity contribution in [2.75, 3.05) is 17.1 Å². The number of carboxylic acids is 1. The van der Waals surface area contributed by atoms with E-state index in [9.17, 15) is 32.6 Å². The van der Waals surface area contributed by atoms with Gasteiger partial charge in [-0.1, -0.05) is 30.3 Å². The Kier molecular flexibility index (Phi) is 9.43. The Bertz CT molecular complexity index is 2080. The summed E-state index contributed by atoms with van der Waals surface area (Å²) in [5, 5.41) is 21.6. The second kappa shape index (κ2) is 13.6. The fourth-order valence-electron chi connectivity index (χ4n) is 4.79. The Morgan fingerprint density at radius 1 is 0.830 bits per heavy atom.